The van der Waals surface area contributed by atoms with Crippen LogP contribution in [-0.4, -0.2) is 187 Å². The first-order valence-corrected chi connectivity index (χ1v) is 24.0. The molecular formula is C15H27NO33S8. The van der Waals surface area contributed by atoms with Gasteiger partial charge in [0.05, 0.1) is 13.2 Å². The number of carboxylic acids is 1. The van der Waals surface area contributed by atoms with Crippen LogP contribution in [0.4, 0.5) is 0 Å². The van der Waals surface area contributed by atoms with Gasteiger partial charge in [-0.3, -0.25) is 36.7 Å². The van der Waals surface area contributed by atoms with Crippen LogP contribution in [0.1, 0.15) is 0 Å². The third kappa shape index (κ3) is 19.3. The van der Waals surface area contributed by atoms with Crippen LogP contribution in [0.15, 0.2) is 0 Å². The summed E-state index contributed by atoms with van der Waals surface area (Å²) in [5.74, 6) is -2.65. The van der Waals surface area contributed by atoms with Crippen LogP contribution in [0.3, 0.4) is 0 Å². The van der Waals surface area contributed by atoms with Gasteiger partial charge in [0.15, 0.2) is 12.4 Å². The van der Waals surface area contributed by atoms with Crippen LogP contribution in [0, 0.1) is 0 Å². The molecule has 0 unspecified atom stereocenters. The van der Waals surface area contributed by atoms with E-state index in [0.29, 0.717) is 0 Å². The van der Waals surface area contributed by atoms with E-state index in [9.17, 15) is 86.5 Å². The molecule has 2 fully saturated rings. The van der Waals surface area contributed by atoms with Gasteiger partial charge in [0, 0.05) is 5.75 Å². The summed E-state index contributed by atoms with van der Waals surface area (Å²) in [7, 11) is -41.6. The van der Waals surface area contributed by atoms with Gasteiger partial charge in [0.1, 0.15) is 54.2 Å². The van der Waals surface area contributed by atoms with Crippen LogP contribution in [0.25, 0.3) is 0 Å². The molecule has 2 saturated heterocycles. The molecule has 34 nitrogen and oxygen atoms in total. The molecule has 0 aromatic rings. The number of ether oxygens (including phenoxy) is 3. The van der Waals surface area contributed by atoms with Gasteiger partial charge in [-0.1, -0.05) is 0 Å². The van der Waals surface area contributed by atoms with E-state index < -0.39 is 164 Å². The molecule has 0 bridgehead atoms. The highest BCUT2D eigenvalue weighted by molar-refractivity contribution is 7.99. The van der Waals surface area contributed by atoms with Crippen molar-refractivity contribution in [1.82, 2.24) is 0 Å². The number of carboxylic acid groups (broad SMARTS) is 1. The van der Waals surface area contributed by atoms with Gasteiger partial charge in [-0.05, 0) is 0 Å². The monoisotopic (exact) mass is 1000 g/mol. The Hall–Kier alpha value is -1.25. The first kappa shape index (κ1) is 51.9. The molecule has 2 rings (SSSR count). The molecule has 10 N–H and O–H groups in total. The van der Waals surface area contributed by atoms with Crippen molar-refractivity contribution in [3.8, 4) is 0 Å². The number of thioether (sulfide) groups is 1. The van der Waals surface area contributed by atoms with Gasteiger partial charge in [0.25, 0.3) is 0 Å². The lowest BCUT2D eigenvalue weighted by molar-refractivity contribution is -0.325. The second-order valence-corrected chi connectivity index (χ2v) is 18.9. The summed E-state index contributed by atoms with van der Waals surface area (Å²) in [5, 5.41) is 9.12. The van der Waals surface area contributed by atoms with E-state index in [0.717, 1.165) is 0 Å². The first-order valence-electron chi connectivity index (χ1n) is 13.4. The molecule has 0 aromatic heterocycles. The number of aliphatic carboxylic acids is 1. The maximum atomic E-state index is 12.0. The van der Waals surface area contributed by atoms with E-state index >= 15 is 0 Å². The molecule has 57 heavy (non-hydrogen) atoms. The zero-order valence-corrected chi connectivity index (χ0v) is 33.1. The highest BCUT2D eigenvalue weighted by Gasteiger charge is 2.58. The lowest BCUT2D eigenvalue weighted by Gasteiger charge is -2.48. The quantitative estimate of drug-likeness (QED) is 0.0455. The fourth-order valence-electron chi connectivity index (χ4n) is 4.41. The van der Waals surface area contributed by atoms with Crippen LogP contribution in [-0.2, 0) is 121 Å². The number of nitrogens with two attached hydrogens (primary N) is 1. The predicted octanol–water partition coefficient (Wildman–Crippen LogP) is -6.45. The van der Waals surface area contributed by atoms with Crippen molar-refractivity contribution >= 4 is 90.5 Å². The molecule has 0 aliphatic carbocycles. The molecule has 338 valence electrons. The lowest BCUT2D eigenvalue weighted by Crippen LogP contribution is -2.67. The molecule has 0 saturated carbocycles. The van der Waals surface area contributed by atoms with Gasteiger partial charge >= 0.3 is 78.8 Å². The van der Waals surface area contributed by atoms with E-state index in [4.69, 9.17) is 34.2 Å². The molecule has 2 aliphatic rings. The SMILES string of the molecule is N[C@@H](CS[C@@H]1O[C@H](COS(=O)(=O)O)[C@@H](O[C@@H]2O[C@H](COS(=O)(=O)O)[C@@H](OS(=O)(=O)O)[C@H](OS(=O)(=O)O)[C@H]2OS(=O)(=O)O)[C@H](OS(=O)(=O)O)[C@H]1OS(=O)(=O)O)C(=O)O. The summed E-state index contributed by atoms with van der Waals surface area (Å²) >= 11 is 0.0425. The molecular weight excluding hydrogens is 979 g/mol. The molecule has 0 spiro atoms. The van der Waals surface area contributed by atoms with Crippen molar-refractivity contribution in [3.05, 3.63) is 0 Å². The minimum atomic E-state index is -6.14. The maximum absolute atomic E-state index is 12.0. The number of carbonyl (C=O) groups is 1. The first-order chi connectivity index (χ1) is 25.3. The highest BCUT2D eigenvalue weighted by Crippen LogP contribution is 2.39. The Kier molecular flexibility index (Phi) is 17.5. The molecule has 2 aliphatic heterocycles. The average molecular weight is 1010 g/mol. The van der Waals surface area contributed by atoms with Crippen molar-refractivity contribution < 1.29 is 144 Å². The highest BCUT2D eigenvalue weighted by atomic mass is 32.3. The number of hydrogen-bond acceptors (Lipinski definition) is 27. The maximum Gasteiger partial charge on any atom is 0.397 e. The Labute approximate surface area is 324 Å². The second-order valence-electron chi connectivity index (χ2n) is 10.3. The lowest BCUT2D eigenvalue weighted by atomic mass is 9.97. The fraction of sp³-hybridized carbons (Fsp3) is 0.933. The van der Waals surface area contributed by atoms with Crippen molar-refractivity contribution in [2.45, 2.75) is 66.6 Å². The van der Waals surface area contributed by atoms with E-state index in [-0.39, 0.29) is 11.8 Å². The van der Waals surface area contributed by atoms with Crippen LogP contribution < -0.4 is 5.73 Å². The molecule has 0 radical (unpaired) electrons. The normalized spacial score (nSPS) is 30.5. The Balaban J connectivity index is 2.99. The minimum absolute atomic E-state index is 0.0425. The van der Waals surface area contributed by atoms with Crippen molar-refractivity contribution in [1.29, 1.82) is 0 Å². The summed E-state index contributed by atoms with van der Waals surface area (Å²) in [5.41, 5.74) is 3.04. The summed E-state index contributed by atoms with van der Waals surface area (Å²) in [6.45, 7) is -3.61. The smallest absolute Gasteiger partial charge is 0.397 e. The number of rotatable bonds is 22. The van der Waals surface area contributed by atoms with E-state index in [1.165, 1.54) is 0 Å². The third-order valence-electron chi connectivity index (χ3n) is 6.16. The van der Waals surface area contributed by atoms with Gasteiger partial charge in [-0.25, -0.2) is 29.3 Å². The molecule has 0 aromatic carbocycles. The predicted molar refractivity (Wildman–Crippen MR) is 167 cm³/mol. The Morgan fingerprint density at radius 1 is 0.526 bits per heavy atom. The fourth-order valence-corrected chi connectivity index (χ4v) is 8.74. The van der Waals surface area contributed by atoms with Crippen LogP contribution in [0.5, 0.6) is 0 Å². The van der Waals surface area contributed by atoms with Crippen LogP contribution >= 0.6 is 11.8 Å². The van der Waals surface area contributed by atoms with E-state index in [1.54, 1.807) is 0 Å². The molecule has 42 heteroatoms. The Morgan fingerprint density at radius 3 is 1.26 bits per heavy atom. The molecule has 11 atom stereocenters. The summed E-state index contributed by atoms with van der Waals surface area (Å²) in [4.78, 5) is 11.3. The van der Waals surface area contributed by atoms with Crippen LogP contribution in [0.2, 0.25) is 0 Å². The Bertz CT molecular complexity index is 2210. The number of hydrogen-bond donors (Lipinski definition) is 9. The summed E-state index contributed by atoms with van der Waals surface area (Å²) in [6.07, 6.45) is -27.2. The summed E-state index contributed by atoms with van der Waals surface area (Å²) in [6, 6.07) is -1.90. The topological polar surface area (TPSA) is 536 Å². The second kappa shape index (κ2) is 19.2. The zero-order chi connectivity index (χ0) is 44.3. The minimum Gasteiger partial charge on any atom is -0.480 e. The Morgan fingerprint density at radius 2 is 0.877 bits per heavy atom. The third-order valence-corrected chi connectivity index (χ3v) is 10.6. The van der Waals surface area contributed by atoms with Gasteiger partial charge in [0.2, 0.25) is 0 Å². The zero-order valence-electron chi connectivity index (χ0n) is 26.6. The van der Waals surface area contributed by atoms with Gasteiger partial charge in [-0.15, -0.1) is 11.8 Å². The van der Waals surface area contributed by atoms with Gasteiger partial charge < -0.3 is 25.1 Å². The molecule has 0 amide bonds. The van der Waals surface area contributed by atoms with Crippen molar-refractivity contribution in [3.63, 3.8) is 0 Å². The average Bonchev–Trinajstić information content (AvgIpc) is 2.95. The van der Waals surface area contributed by atoms with Crippen molar-refractivity contribution in [2.75, 3.05) is 19.0 Å². The standard InChI is InChI=1S/C15H27NO33S8/c16-4(13(17)18)3-50-15-12(49-57(37,38)39)9(46-54(28,29)30)7(5(43-15)1-40-51(19,20)21)44-14-11(48-56(34,35)36)10(47-55(31,32)33)8(45-53(25,26)27)6(42-14)2-41-52(22,23)24/h4-12,14-15H,1-3,16H2,(H,17,18)(H,19,20,21)(H,22,23,24)(H,25,26,27)(H,28,29,30)(H,31,32,33)(H,34,35,36)(H,37,38,39)/t4-,5+,6+,7+,8+,9-,10-,11+,12+,14-,15-/m0/s1. The largest absolute Gasteiger partial charge is 0.480 e. The van der Waals surface area contributed by atoms with Crippen molar-refractivity contribution in [2.24, 2.45) is 5.73 Å². The van der Waals surface area contributed by atoms with E-state index in [1.807, 2.05) is 0 Å². The summed E-state index contributed by atoms with van der Waals surface area (Å²) < 4.78 is 275. The van der Waals surface area contributed by atoms with Gasteiger partial charge in [-0.2, -0.15) is 58.9 Å². The van der Waals surface area contributed by atoms with E-state index in [2.05, 4.69) is 29.3 Å². The molecule has 2 heterocycles.